The van der Waals surface area contributed by atoms with E-state index in [9.17, 15) is 20.3 Å². The normalized spacial score (nSPS) is 30.6. The number of aliphatic hydroxyl groups is 2. The summed E-state index contributed by atoms with van der Waals surface area (Å²) in [6.45, 7) is -0.270. The van der Waals surface area contributed by atoms with Crippen molar-refractivity contribution in [3.63, 3.8) is 0 Å². The summed E-state index contributed by atoms with van der Waals surface area (Å²) < 4.78 is 10.3. The third-order valence-corrected chi connectivity index (χ3v) is 2.64. The number of hydrogen-bond acceptors (Lipinski definition) is 7. The van der Waals surface area contributed by atoms with Gasteiger partial charge < -0.3 is 19.7 Å². The number of para-hydroxylation sites is 1. The maximum atomic E-state index is 10.4. The van der Waals surface area contributed by atoms with Gasteiger partial charge in [-0.3, -0.25) is 4.84 Å². The van der Waals surface area contributed by atoms with Crippen molar-refractivity contribution >= 4 is 0 Å². The van der Waals surface area contributed by atoms with Crippen molar-refractivity contribution in [2.24, 2.45) is 0 Å². The summed E-state index contributed by atoms with van der Waals surface area (Å²) in [5.41, 5.74) is 0. The summed E-state index contributed by atoms with van der Waals surface area (Å²) in [5, 5.41) is 28.6. The zero-order valence-electron chi connectivity index (χ0n) is 9.79. The quantitative estimate of drug-likeness (QED) is 0.572. The second-order valence-electron chi connectivity index (χ2n) is 3.98. The Labute approximate surface area is 108 Å². The predicted octanol–water partition coefficient (Wildman–Crippen LogP) is -0.280. The van der Waals surface area contributed by atoms with Gasteiger partial charge in [-0.2, -0.15) is 0 Å². The molecule has 1 aromatic rings. The predicted molar refractivity (Wildman–Crippen MR) is 60.7 cm³/mol. The number of hydrogen-bond donors (Lipinski definition) is 2. The number of ether oxygens (including phenoxy) is 2. The Kier molecular flexibility index (Phi) is 4.15. The molecule has 8 heteroatoms. The molecule has 4 atom stereocenters. The van der Waals surface area contributed by atoms with Crippen LogP contribution in [0.5, 0.6) is 5.75 Å². The van der Waals surface area contributed by atoms with E-state index in [1.807, 2.05) is 0 Å². The minimum atomic E-state index is -1.39. The topological polar surface area (TPSA) is 111 Å². The highest BCUT2D eigenvalue weighted by molar-refractivity contribution is 5.21. The van der Waals surface area contributed by atoms with Gasteiger partial charge >= 0.3 is 0 Å². The summed E-state index contributed by atoms with van der Waals surface area (Å²) in [6.07, 6.45) is -5.13. The minimum Gasteiger partial charge on any atom is -0.483 e. The fraction of sp³-hybridized carbons (Fsp3) is 0.455. The molecule has 0 bridgehead atoms. The van der Waals surface area contributed by atoms with Gasteiger partial charge in [0.2, 0.25) is 6.29 Å². The largest absolute Gasteiger partial charge is 0.483 e. The molecule has 0 aromatic heterocycles. The van der Waals surface area contributed by atoms with Crippen molar-refractivity contribution in [2.45, 2.75) is 24.6 Å². The first-order chi connectivity index (χ1) is 9.08. The Morgan fingerprint density at radius 3 is 2.63 bits per heavy atom. The van der Waals surface area contributed by atoms with Gasteiger partial charge in [-0.25, -0.2) is 0 Å². The Balaban J connectivity index is 2.12. The summed E-state index contributed by atoms with van der Waals surface area (Å²) in [4.78, 5) is 14.7. The lowest BCUT2D eigenvalue weighted by Crippen LogP contribution is -2.56. The summed E-state index contributed by atoms with van der Waals surface area (Å²) in [6, 6.07) is 8.38. The van der Waals surface area contributed by atoms with Crippen molar-refractivity contribution in [3.8, 4) is 5.75 Å². The van der Waals surface area contributed by atoms with E-state index >= 15 is 0 Å². The van der Waals surface area contributed by atoms with Crippen molar-refractivity contribution in [1.82, 2.24) is 0 Å². The molecule has 19 heavy (non-hydrogen) atoms. The molecule has 0 spiro atoms. The van der Waals surface area contributed by atoms with Crippen molar-refractivity contribution in [1.29, 1.82) is 0 Å². The monoisotopic (exact) mass is 271 g/mol. The van der Waals surface area contributed by atoms with Gasteiger partial charge in [-0.15, -0.1) is 10.1 Å². The third kappa shape index (κ3) is 3.31. The van der Waals surface area contributed by atoms with Crippen molar-refractivity contribution in [3.05, 3.63) is 40.4 Å². The lowest BCUT2D eigenvalue weighted by Gasteiger charge is -2.36. The molecule has 1 saturated heterocycles. The summed E-state index contributed by atoms with van der Waals surface area (Å²) >= 11 is 0. The molecule has 1 aromatic carbocycles. The summed E-state index contributed by atoms with van der Waals surface area (Å²) in [5.74, 6) is 0.376. The smallest absolute Gasteiger partial charge is 0.297 e. The number of aliphatic hydroxyl groups excluding tert-OH is 2. The lowest BCUT2D eigenvalue weighted by molar-refractivity contribution is -0.784. The van der Waals surface area contributed by atoms with E-state index in [0.29, 0.717) is 5.75 Å². The fourth-order valence-electron chi connectivity index (χ4n) is 1.72. The third-order valence-electron chi connectivity index (χ3n) is 2.64. The Morgan fingerprint density at radius 2 is 2.00 bits per heavy atom. The van der Waals surface area contributed by atoms with Crippen LogP contribution in [0.3, 0.4) is 0 Å². The standard InChI is InChI=1S/C11H13NO7/c13-8-6-17-11(19-12(15)16)10(9(8)14)18-7-4-2-1-3-5-7/h1-5,8-11,13-14H,6H2/t8-,9+,10-,11+/m1/s1. The zero-order valence-corrected chi connectivity index (χ0v) is 9.79. The first-order valence-corrected chi connectivity index (χ1v) is 5.58. The molecule has 1 aliphatic heterocycles. The molecule has 104 valence electrons. The Hall–Kier alpha value is -1.90. The molecule has 1 aliphatic rings. The van der Waals surface area contributed by atoms with E-state index in [4.69, 9.17) is 9.47 Å². The average molecular weight is 271 g/mol. The molecular weight excluding hydrogens is 258 g/mol. The van der Waals surface area contributed by atoms with Gasteiger partial charge in [0, 0.05) is 0 Å². The van der Waals surface area contributed by atoms with E-state index in [0.717, 1.165) is 0 Å². The Bertz CT molecular complexity index is 426. The van der Waals surface area contributed by atoms with E-state index in [1.54, 1.807) is 30.3 Å². The van der Waals surface area contributed by atoms with Gasteiger partial charge in [0.25, 0.3) is 5.09 Å². The Morgan fingerprint density at radius 1 is 1.32 bits per heavy atom. The van der Waals surface area contributed by atoms with E-state index in [2.05, 4.69) is 4.84 Å². The highest BCUT2D eigenvalue weighted by Gasteiger charge is 2.42. The maximum Gasteiger partial charge on any atom is 0.297 e. The van der Waals surface area contributed by atoms with E-state index in [-0.39, 0.29) is 6.61 Å². The van der Waals surface area contributed by atoms with Crippen LogP contribution in [0.15, 0.2) is 30.3 Å². The number of rotatable bonds is 4. The van der Waals surface area contributed by atoms with Crippen LogP contribution in [-0.2, 0) is 9.57 Å². The molecule has 1 fully saturated rings. The molecule has 1 heterocycles. The van der Waals surface area contributed by atoms with Crippen LogP contribution in [0.2, 0.25) is 0 Å². The molecule has 0 amide bonds. The van der Waals surface area contributed by atoms with Gasteiger partial charge in [-0.05, 0) is 12.1 Å². The highest BCUT2D eigenvalue weighted by Crippen LogP contribution is 2.22. The first kappa shape index (κ1) is 13.5. The van der Waals surface area contributed by atoms with Gasteiger partial charge in [0.05, 0.1) is 6.61 Å². The second-order valence-corrected chi connectivity index (χ2v) is 3.98. The van der Waals surface area contributed by atoms with Crippen molar-refractivity contribution < 1.29 is 29.6 Å². The lowest BCUT2D eigenvalue weighted by atomic mass is 10.1. The second kappa shape index (κ2) is 5.83. The van der Waals surface area contributed by atoms with Crippen LogP contribution in [0.4, 0.5) is 0 Å². The number of nitrogens with zero attached hydrogens (tertiary/aromatic N) is 1. The van der Waals surface area contributed by atoms with Gasteiger partial charge in [0.1, 0.15) is 18.0 Å². The maximum absolute atomic E-state index is 10.4. The summed E-state index contributed by atoms with van der Waals surface area (Å²) in [7, 11) is 0. The zero-order chi connectivity index (χ0) is 13.8. The minimum absolute atomic E-state index is 0.270. The fourth-order valence-corrected chi connectivity index (χ4v) is 1.72. The molecule has 8 nitrogen and oxygen atoms in total. The average Bonchev–Trinajstić information content (AvgIpc) is 2.39. The molecule has 0 aliphatic carbocycles. The number of benzene rings is 1. The van der Waals surface area contributed by atoms with Crippen molar-refractivity contribution in [2.75, 3.05) is 6.61 Å². The van der Waals surface area contributed by atoms with Crippen LogP contribution in [-0.4, -0.2) is 46.5 Å². The van der Waals surface area contributed by atoms with Crippen LogP contribution in [0, 0.1) is 10.1 Å². The highest BCUT2D eigenvalue weighted by atomic mass is 17.0. The van der Waals surface area contributed by atoms with Gasteiger partial charge in [-0.1, -0.05) is 18.2 Å². The van der Waals surface area contributed by atoms with E-state index in [1.165, 1.54) is 0 Å². The first-order valence-electron chi connectivity index (χ1n) is 5.58. The van der Waals surface area contributed by atoms with Gasteiger partial charge in [0.15, 0.2) is 6.10 Å². The van der Waals surface area contributed by atoms with Crippen LogP contribution in [0.25, 0.3) is 0 Å². The van der Waals surface area contributed by atoms with Crippen LogP contribution < -0.4 is 4.74 Å². The SMILES string of the molecule is O=[N+]([O-])O[C@@H]1OC[C@@H](O)[C@H](O)[C@H]1Oc1ccccc1. The van der Waals surface area contributed by atoms with E-state index < -0.39 is 29.7 Å². The van der Waals surface area contributed by atoms with Crippen LogP contribution >= 0.6 is 0 Å². The molecule has 0 radical (unpaired) electrons. The molecule has 0 unspecified atom stereocenters. The molecule has 2 N–H and O–H groups in total. The van der Waals surface area contributed by atoms with Crippen LogP contribution in [0.1, 0.15) is 0 Å². The molecule has 0 saturated carbocycles. The molecule has 2 rings (SSSR count). The molecular formula is C11H13NO7.